The third-order valence-electron chi connectivity index (χ3n) is 4.27. The number of nitrogens with one attached hydrogen (secondary N) is 1. The fraction of sp³-hybridized carbons (Fsp3) is 0.500. The second kappa shape index (κ2) is 4.64. The van der Waals surface area contributed by atoms with E-state index in [0.29, 0.717) is 6.04 Å². The fourth-order valence-electron chi connectivity index (χ4n) is 3.46. The van der Waals surface area contributed by atoms with Gasteiger partial charge in [-0.2, -0.15) is 0 Å². The summed E-state index contributed by atoms with van der Waals surface area (Å²) < 4.78 is 0. The SMILES string of the molecule is Nc1ccccc1N[C@H]1C[C@H]2CC[C@@H](C1)N2C(=O)O. The molecule has 2 bridgehead atoms. The molecule has 0 unspecified atom stereocenters. The van der Waals surface area contributed by atoms with Crippen molar-refractivity contribution < 1.29 is 9.90 Å². The monoisotopic (exact) mass is 261 g/mol. The van der Waals surface area contributed by atoms with Crippen LogP contribution in [0.4, 0.5) is 16.2 Å². The molecule has 0 radical (unpaired) electrons. The maximum absolute atomic E-state index is 11.2. The van der Waals surface area contributed by atoms with Crippen molar-refractivity contribution in [2.24, 2.45) is 0 Å². The number of anilines is 2. The molecular weight excluding hydrogens is 242 g/mol. The summed E-state index contributed by atoms with van der Waals surface area (Å²) in [5.41, 5.74) is 7.63. The van der Waals surface area contributed by atoms with E-state index in [1.807, 2.05) is 24.3 Å². The highest BCUT2D eigenvalue weighted by atomic mass is 16.4. The zero-order valence-electron chi connectivity index (χ0n) is 10.7. The highest BCUT2D eigenvalue weighted by molar-refractivity contribution is 5.68. The molecule has 5 nitrogen and oxygen atoms in total. The maximum Gasteiger partial charge on any atom is 0.407 e. The number of nitrogen functional groups attached to an aromatic ring is 1. The van der Waals surface area contributed by atoms with Crippen LogP contribution >= 0.6 is 0 Å². The van der Waals surface area contributed by atoms with Crippen LogP contribution in [0.3, 0.4) is 0 Å². The molecule has 1 aromatic carbocycles. The van der Waals surface area contributed by atoms with E-state index in [1.54, 1.807) is 4.90 Å². The molecule has 0 aromatic heterocycles. The first kappa shape index (κ1) is 12.1. The number of fused-ring (bicyclic) bond motifs is 2. The van der Waals surface area contributed by atoms with E-state index >= 15 is 0 Å². The van der Waals surface area contributed by atoms with Gasteiger partial charge in [0, 0.05) is 18.1 Å². The van der Waals surface area contributed by atoms with Crippen molar-refractivity contribution in [3.8, 4) is 0 Å². The average Bonchev–Trinajstić information content (AvgIpc) is 2.65. The second-order valence-electron chi connectivity index (χ2n) is 5.47. The van der Waals surface area contributed by atoms with Crippen LogP contribution in [0.2, 0.25) is 0 Å². The number of benzene rings is 1. The maximum atomic E-state index is 11.2. The Hall–Kier alpha value is -1.91. The van der Waals surface area contributed by atoms with Crippen molar-refractivity contribution in [3.05, 3.63) is 24.3 Å². The Labute approximate surface area is 112 Å². The molecule has 0 saturated carbocycles. The van der Waals surface area contributed by atoms with E-state index in [4.69, 9.17) is 5.73 Å². The summed E-state index contributed by atoms with van der Waals surface area (Å²) in [6.07, 6.45) is 2.94. The third kappa shape index (κ3) is 2.20. The molecule has 1 aromatic rings. The van der Waals surface area contributed by atoms with Crippen LogP contribution in [0.5, 0.6) is 0 Å². The summed E-state index contributed by atoms with van der Waals surface area (Å²) in [5, 5.41) is 12.7. The van der Waals surface area contributed by atoms with E-state index in [2.05, 4.69) is 5.32 Å². The molecule has 3 rings (SSSR count). The van der Waals surface area contributed by atoms with Gasteiger partial charge in [0.1, 0.15) is 0 Å². The minimum atomic E-state index is -0.773. The smallest absolute Gasteiger partial charge is 0.407 e. The zero-order valence-corrected chi connectivity index (χ0v) is 10.7. The molecule has 2 saturated heterocycles. The quantitative estimate of drug-likeness (QED) is 0.714. The van der Waals surface area contributed by atoms with Gasteiger partial charge in [0.05, 0.1) is 11.4 Å². The second-order valence-corrected chi connectivity index (χ2v) is 5.47. The molecular formula is C14H19N3O2. The Balaban J connectivity index is 1.70. The van der Waals surface area contributed by atoms with Crippen LogP contribution < -0.4 is 11.1 Å². The first-order valence-electron chi connectivity index (χ1n) is 6.77. The topological polar surface area (TPSA) is 78.6 Å². The predicted octanol–water partition coefficient (Wildman–Crippen LogP) is 2.35. The van der Waals surface area contributed by atoms with E-state index < -0.39 is 6.09 Å². The Kier molecular flexibility index (Phi) is 2.97. The standard InChI is InChI=1S/C14H19N3O2/c15-12-3-1-2-4-13(12)16-9-7-10-5-6-11(8-9)17(10)14(18)19/h1-4,9-11,16H,5-8,15H2,(H,18,19)/t9-,10+,11-. The molecule has 1 amide bonds. The number of amides is 1. The van der Waals surface area contributed by atoms with Gasteiger partial charge in [-0.05, 0) is 37.8 Å². The molecule has 2 aliphatic heterocycles. The Morgan fingerprint density at radius 1 is 1.26 bits per heavy atom. The van der Waals surface area contributed by atoms with Gasteiger partial charge in [-0.25, -0.2) is 4.79 Å². The lowest BCUT2D eigenvalue weighted by Gasteiger charge is -2.37. The number of piperidine rings is 1. The van der Waals surface area contributed by atoms with Crippen LogP contribution in [0.15, 0.2) is 24.3 Å². The lowest BCUT2D eigenvalue weighted by atomic mass is 9.97. The van der Waals surface area contributed by atoms with E-state index in [1.165, 1.54) is 0 Å². The molecule has 4 N–H and O–H groups in total. The minimum absolute atomic E-state index is 0.165. The molecule has 102 valence electrons. The van der Waals surface area contributed by atoms with Gasteiger partial charge in [-0.15, -0.1) is 0 Å². The third-order valence-corrected chi connectivity index (χ3v) is 4.27. The lowest BCUT2D eigenvalue weighted by Crippen LogP contribution is -2.49. The van der Waals surface area contributed by atoms with Crippen LogP contribution in [0.25, 0.3) is 0 Å². The van der Waals surface area contributed by atoms with E-state index in [9.17, 15) is 9.90 Å². The van der Waals surface area contributed by atoms with Crippen LogP contribution in [-0.4, -0.2) is 34.2 Å². The van der Waals surface area contributed by atoms with Crippen LogP contribution in [0, 0.1) is 0 Å². The fourth-order valence-corrected chi connectivity index (χ4v) is 3.46. The number of hydrogen-bond acceptors (Lipinski definition) is 3. The first-order chi connectivity index (χ1) is 9.15. The van der Waals surface area contributed by atoms with Crippen molar-refractivity contribution >= 4 is 17.5 Å². The first-order valence-corrected chi connectivity index (χ1v) is 6.77. The summed E-state index contributed by atoms with van der Waals surface area (Å²) >= 11 is 0. The van der Waals surface area contributed by atoms with E-state index in [-0.39, 0.29) is 12.1 Å². The Bertz CT molecular complexity index is 477. The summed E-state index contributed by atoms with van der Waals surface area (Å²) in [6.45, 7) is 0. The largest absolute Gasteiger partial charge is 0.465 e. The van der Waals surface area contributed by atoms with Crippen molar-refractivity contribution in [2.75, 3.05) is 11.1 Å². The van der Waals surface area contributed by atoms with Crippen molar-refractivity contribution in [2.45, 2.75) is 43.8 Å². The summed E-state index contributed by atoms with van der Waals surface area (Å²) in [6, 6.07) is 8.37. The molecule has 5 heteroatoms. The summed E-state index contributed by atoms with van der Waals surface area (Å²) in [7, 11) is 0. The normalized spacial score (nSPS) is 29.3. The van der Waals surface area contributed by atoms with Gasteiger partial charge >= 0.3 is 6.09 Å². The van der Waals surface area contributed by atoms with Gasteiger partial charge in [-0.3, -0.25) is 0 Å². The highest BCUT2D eigenvalue weighted by Crippen LogP contribution is 2.37. The molecule has 2 aliphatic rings. The zero-order chi connectivity index (χ0) is 13.4. The number of nitrogens with zero attached hydrogens (tertiary/aromatic N) is 1. The summed E-state index contributed by atoms with van der Waals surface area (Å²) in [4.78, 5) is 12.9. The lowest BCUT2D eigenvalue weighted by molar-refractivity contribution is 0.0994. The molecule has 2 fully saturated rings. The van der Waals surface area contributed by atoms with Crippen LogP contribution in [0.1, 0.15) is 25.7 Å². The predicted molar refractivity (Wildman–Crippen MR) is 74.2 cm³/mol. The number of rotatable bonds is 2. The molecule has 2 heterocycles. The minimum Gasteiger partial charge on any atom is -0.465 e. The number of para-hydroxylation sites is 2. The van der Waals surface area contributed by atoms with Gasteiger partial charge < -0.3 is 21.1 Å². The number of nitrogens with two attached hydrogens (primary N) is 1. The Morgan fingerprint density at radius 2 is 1.89 bits per heavy atom. The molecule has 19 heavy (non-hydrogen) atoms. The molecule has 0 spiro atoms. The number of carboxylic acid groups (broad SMARTS) is 1. The van der Waals surface area contributed by atoms with Crippen molar-refractivity contribution in [1.82, 2.24) is 4.90 Å². The average molecular weight is 261 g/mol. The summed E-state index contributed by atoms with van der Waals surface area (Å²) in [5.74, 6) is 0. The van der Waals surface area contributed by atoms with Gasteiger partial charge in [0.2, 0.25) is 0 Å². The highest BCUT2D eigenvalue weighted by Gasteiger charge is 2.43. The number of carbonyl (C=O) groups is 1. The molecule has 0 aliphatic carbocycles. The van der Waals surface area contributed by atoms with E-state index in [0.717, 1.165) is 37.1 Å². The van der Waals surface area contributed by atoms with Gasteiger partial charge in [-0.1, -0.05) is 12.1 Å². The van der Waals surface area contributed by atoms with Crippen molar-refractivity contribution in [3.63, 3.8) is 0 Å². The van der Waals surface area contributed by atoms with Gasteiger partial charge in [0.25, 0.3) is 0 Å². The van der Waals surface area contributed by atoms with Crippen LogP contribution in [-0.2, 0) is 0 Å². The Morgan fingerprint density at radius 3 is 2.47 bits per heavy atom. The number of hydrogen-bond donors (Lipinski definition) is 3. The van der Waals surface area contributed by atoms with Gasteiger partial charge in [0.15, 0.2) is 0 Å². The van der Waals surface area contributed by atoms with Crippen molar-refractivity contribution in [1.29, 1.82) is 0 Å². The molecule has 3 atom stereocenters.